The van der Waals surface area contributed by atoms with Crippen molar-refractivity contribution in [1.82, 2.24) is 5.32 Å². The van der Waals surface area contributed by atoms with Crippen molar-refractivity contribution in [3.63, 3.8) is 0 Å². The van der Waals surface area contributed by atoms with Gasteiger partial charge in [-0.3, -0.25) is 9.59 Å². The van der Waals surface area contributed by atoms with Crippen LogP contribution in [-0.2, 0) is 9.59 Å². The second kappa shape index (κ2) is 5.63. The lowest BCUT2D eigenvalue weighted by atomic mass is 9.74. The third-order valence-corrected chi connectivity index (χ3v) is 4.84. The van der Waals surface area contributed by atoms with Crippen LogP contribution in [0.2, 0.25) is 0 Å². The number of carbonyl (C=O) groups excluding carboxylic acids is 1. The first-order valence-corrected chi connectivity index (χ1v) is 7.71. The zero-order valence-electron chi connectivity index (χ0n) is 12.7. The number of benzene rings is 1. The Morgan fingerprint density at radius 3 is 2.77 bits per heavy atom. The maximum Gasteiger partial charge on any atom is 0.305 e. The fraction of sp³-hybridized carbons (Fsp3) is 0.529. The molecule has 2 N–H and O–H groups in total. The Balaban J connectivity index is 1.61. The first kappa shape index (κ1) is 14.9. The SMILES string of the molecule is COc1cccc(C2CC2C(=O)NC2(CC(=O)O)CCC2)c1. The summed E-state index contributed by atoms with van der Waals surface area (Å²) in [5.74, 6) is 0.120. The maximum absolute atomic E-state index is 12.4. The summed E-state index contributed by atoms with van der Waals surface area (Å²) in [5.41, 5.74) is 0.602. The number of ether oxygens (including phenoxy) is 1. The molecule has 2 fully saturated rings. The highest BCUT2D eigenvalue weighted by molar-refractivity contribution is 5.84. The standard InChI is InChI=1S/C17H21NO4/c1-22-12-5-2-4-11(8-12)13-9-14(13)16(21)18-17(6-3-7-17)10-15(19)20/h2,4-5,8,13-14H,3,6-7,9-10H2,1H3,(H,18,21)(H,19,20). The minimum atomic E-state index is -0.847. The predicted octanol–water partition coefficient (Wildman–Crippen LogP) is 2.31. The topological polar surface area (TPSA) is 75.6 Å². The summed E-state index contributed by atoms with van der Waals surface area (Å²) in [6, 6.07) is 7.79. The number of carboxylic acids is 1. The molecule has 0 heterocycles. The van der Waals surface area contributed by atoms with Crippen LogP contribution in [0.1, 0.15) is 43.6 Å². The Morgan fingerprint density at radius 1 is 1.41 bits per heavy atom. The molecular weight excluding hydrogens is 282 g/mol. The van der Waals surface area contributed by atoms with Gasteiger partial charge in [0.1, 0.15) is 5.75 Å². The molecule has 2 saturated carbocycles. The van der Waals surface area contributed by atoms with E-state index in [2.05, 4.69) is 5.32 Å². The zero-order chi connectivity index (χ0) is 15.7. The number of hydrogen-bond acceptors (Lipinski definition) is 3. The summed E-state index contributed by atoms with van der Waals surface area (Å²) in [7, 11) is 1.63. The summed E-state index contributed by atoms with van der Waals surface area (Å²) in [6.07, 6.45) is 3.36. The van der Waals surface area contributed by atoms with Crippen molar-refractivity contribution in [3.8, 4) is 5.75 Å². The van der Waals surface area contributed by atoms with Gasteiger partial charge in [0.05, 0.1) is 19.1 Å². The lowest BCUT2D eigenvalue weighted by Crippen LogP contribution is -2.55. The fourth-order valence-electron chi connectivity index (χ4n) is 3.32. The highest BCUT2D eigenvalue weighted by Crippen LogP contribution is 2.49. The third kappa shape index (κ3) is 2.93. The summed E-state index contributed by atoms with van der Waals surface area (Å²) in [4.78, 5) is 23.4. The highest BCUT2D eigenvalue weighted by Gasteiger charge is 2.48. The number of aliphatic carboxylic acids is 1. The van der Waals surface area contributed by atoms with E-state index in [-0.39, 0.29) is 24.2 Å². The van der Waals surface area contributed by atoms with Gasteiger partial charge in [0, 0.05) is 5.92 Å². The Hall–Kier alpha value is -2.04. The third-order valence-electron chi connectivity index (χ3n) is 4.84. The van der Waals surface area contributed by atoms with E-state index < -0.39 is 11.5 Å². The molecule has 0 aliphatic heterocycles. The van der Waals surface area contributed by atoms with Gasteiger partial charge in [-0.2, -0.15) is 0 Å². The Kier molecular flexibility index (Phi) is 3.81. The number of amides is 1. The summed E-state index contributed by atoms with van der Waals surface area (Å²) in [6.45, 7) is 0. The lowest BCUT2D eigenvalue weighted by molar-refractivity contribution is -0.140. The molecule has 1 aromatic carbocycles. The molecule has 2 unspecified atom stereocenters. The van der Waals surface area contributed by atoms with Crippen LogP contribution in [0.4, 0.5) is 0 Å². The zero-order valence-corrected chi connectivity index (χ0v) is 12.7. The normalized spacial score (nSPS) is 25.0. The van der Waals surface area contributed by atoms with Crippen molar-refractivity contribution >= 4 is 11.9 Å². The average molecular weight is 303 g/mol. The summed E-state index contributed by atoms with van der Waals surface area (Å²) >= 11 is 0. The fourth-order valence-corrected chi connectivity index (χ4v) is 3.32. The van der Waals surface area contributed by atoms with Crippen molar-refractivity contribution in [3.05, 3.63) is 29.8 Å². The number of hydrogen-bond donors (Lipinski definition) is 2. The molecule has 0 radical (unpaired) electrons. The molecule has 0 saturated heterocycles. The van der Waals surface area contributed by atoms with Gasteiger partial charge in [0.2, 0.25) is 5.91 Å². The van der Waals surface area contributed by atoms with Crippen LogP contribution in [0.5, 0.6) is 5.75 Å². The van der Waals surface area contributed by atoms with Crippen LogP contribution in [0, 0.1) is 5.92 Å². The van der Waals surface area contributed by atoms with Gasteiger partial charge in [-0.05, 0) is 49.3 Å². The quantitative estimate of drug-likeness (QED) is 0.845. The number of carbonyl (C=O) groups is 2. The van der Waals surface area contributed by atoms with E-state index in [1.807, 2.05) is 24.3 Å². The molecule has 5 nitrogen and oxygen atoms in total. The molecule has 0 spiro atoms. The second-order valence-electron chi connectivity index (χ2n) is 6.42. The number of carboxylic acid groups (broad SMARTS) is 1. The second-order valence-corrected chi connectivity index (χ2v) is 6.42. The van der Waals surface area contributed by atoms with E-state index >= 15 is 0 Å². The maximum atomic E-state index is 12.4. The van der Waals surface area contributed by atoms with Crippen LogP contribution >= 0.6 is 0 Å². The van der Waals surface area contributed by atoms with E-state index in [1.54, 1.807) is 7.11 Å². The molecule has 5 heteroatoms. The number of methoxy groups -OCH3 is 1. The molecule has 0 bridgehead atoms. The van der Waals surface area contributed by atoms with E-state index in [0.717, 1.165) is 37.0 Å². The number of nitrogens with one attached hydrogen (secondary N) is 1. The molecule has 2 aliphatic rings. The molecule has 1 amide bonds. The molecule has 1 aromatic rings. The molecule has 2 atom stereocenters. The molecule has 118 valence electrons. The van der Waals surface area contributed by atoms with Gasteiger partial charge in [-0.1, -0.05) is 12.1 Å². The van der Waals surface area contributed by atoms with Gasteiger partial charge in [0.15, 0.2) is 0 Å². The van der Waals surface area contributed by atoms with Crippen molar-refractivity contribution in [2.45, 2.75) is 43.6 Å². The largest absolute Gasteiger partial charge is 0.497 e. The van der Waals surface area contributed by atoms with E-state index in [4.69, 9.17) is 9.84 Å². The van der Waals surface area contributed by atoms with Gasteiger partial charge < -0.3 is 15.2 Å². The average Bonchev–Trinajstić information content (AvgIpc) is 3.25. The minimum Gasteiger partial charge on any atom is -0.497 e. The van der Waals surface area contributed by atoms with Gasteiger partial charge >= 0.3 is 5.97 Å². The first-order chi connectivity index (χ1) is 10.5. The Labute approximate surface area is 129 Å². The van der Waals surface area contributed by atoms with Crippen LogP contribution in [0.3, 0.4) is 0 Å². The van der Waals surface area contributed by atoms with Crippen molar-refractivity contribution in [1.29, 1.82) is 0 Å². The Morgan fingerprint density at radius 2 is 2.18 bits per heavy atom. The molecule has 0 aromatic heterocycles. The van der Waals surface area contributed by atoms with Crippen molar-refractivity contribution in [2.24, 2.45) is 5.92 Å². The summed E-state index contributed by atoms with van der Waals surface area (Å²) < 4.78 is 5.21. The highest BCUT2D eigenvalue weighted by atomic mass is 16.5. The molecule has 22 heavy (non-hydrogen) atoms. The summed E-state index contributed by atoms with van der Waals surface area (Å²) in [5, 5.41) is 12.0. The van der Waals surface area contributed by atoms with Crippen LogP contribution in [0.25, 0.3) is 0 Å². The molecular formula is C17H21NO4. The smallest absolute Gasteiger partial charge is 0.305 e. The van der Waals surface area contributed by atoms with E-state index in [9.17, 15) is 9.59 Å². The predicted molar refractivity (Wildman–Crippen MR) is 80.8 cm³/mol. The first-order valence-electron chi connectivity index (χ1n) is 7.71. The van der Waals surface area contributed by atoms with E-state index in [1.165, 1.54) is 0 Å². The van der Waals surface area contributed by atoms with Crippen molar-refractivity contribution < 1.29 is 19.4 Å². The number of rotatable bonds is 6. The molecule has 2 aliphatic carbocycles. The van der Waals surface area contributed by atoms with Crippen molar-refractivity contribution in [2.75, 3.05) is 7.11 Å². The van der Waals surface area contributed by atoms with Crippen LogP contribution < -0.4 is 10.1 Å². The van der Waals surface area contributed by atoms with Crippen LogP contribution in [-0.4, -0.2) is 29.6 Å². The van der Waals surface area contributed by atoms with Gasteiger partial charge in [0.25, 0.3) is 0 Å². The Bertz CT molecular complexity index is 594. The van der Waals surface area contributed by atoms with E-state index in [0.29, 0.717) is 0 Å². The van der Waals surface area contributed by atoms with Gasteiger partial charge in [-0.15, -0.1) is 0 Å². The monoisotopic (exact) mass is 303 g/mol. The van der Waals surface area contributed by atoms with Gasteiger partial charge in [-0.25, -0.2) is 0 Å². The lowest BCUT2D eigenvalue weighted by Gasteiger charge is -2.41. The molecule has 3 rings (SSSR count). The minimum absolute atomic E-state index is 0.00577. The van der Waals surface area contributed by atoms with Crippen LogP contribution in [0.15, 0.2) is 24.3 Å².